The van der Waals surface area contributed by atoms with Gasteiger partial charge in [-0.05, 0) is 31.5 Å². The van der Waals surface area contributed by atoms with Crippen LogP contribution in [0.4, 0.5) is 0 Å². The van der Waals surface area contributed by atoms with Gasteiger partial charge in [0.1, 0.15) is 0 Å². The third kappa shape index (κ3) is 2.52. The van der Waals surface area contributed by atoms with Crippen molar-refractivity contribution in [2.75, 3.05) is 0 Å². The van der Waals surface area contributed by atoms with Gasteiger partial charge in [0, 0.05) is 23.0 Å². The van der Waals surface area contributed by atoms with E-state index in [9.17, 15) is 0 Å². The second-order valence-corrected chi connectivity index (χ2v) is 3.13. The zero-order chi connectivity index (χ0) is 11.3. The number of hydrogen-bond donors (Lipinski definition) is 0. The molecule has 0 radical (unpaired) electrons. The highest BCUT2D eigenvalue weighted by Crippen LogP contribution is 2.15. The minimum atomic E-state index is 0.960. The maximum absolute atomic E-state index is 4.44. The molecule has 2 heteroatoms. The van der Waals surface area contributed by atoms with Crippen molar-refractivity contribution in [1.82, 2.24) is 9.97 Å². The molecule has 0 atom stereocenters. The van der Waals surface area contributed by atoms with E-state index in [-0.39, 0.29) is 0 Å². The summed E-state index contributed by atoms with van der Waals surface area (Å²) in [5.41, 5.74) is 3.23. The molecule has 0 fully saturated rings. The van der Waals surface area contributed by atoms with Gasteiger partial charge in [-0.1, -0.05) is 20.8 Å². The molecule has 0 saturated heterocycles. The van der Waals surface area contributed by atoms with Crippen LogP contribution < -0.4 is 0 Å². The molecule has 0 bridgehead atoms. The summed E-state index contributed by atoms with van der Waals surface area (Å²) in [7, 11) is 0. The van der Waals surface area contributed by atoms with E-state index in [1.54, 1.807) is 0 Å². The van der Waals surface area contributed by atoms with Crippen LogP contribution >= 0.6 is 0 Å². The molecule has 0 saturated carbocycles. The van der Waals surface area contributed by atoms with Crippen molar-refractivity contribution in [1.29, 1.82) is 0 Å². The monoisotopic (exact) mass is 202 g/mol. The standard InChI is InChI=1S/C11H12N2.C2H6/c1-3-10-9-5-4-8(2)13-11(9)6-7-12-10;1-2/h4-7H,3H2,1-2H3;1-2H3. The first-order chi connectivity index (χ1) is 7.31. The molecule has 2 aromatic rings. The van der Waals surface area contributed by atoms with Crippen LogP contribution in [0.25, 0.3) is 10.9 Å². The Kier molecular flexibility index (Phi) is 4.22. The number of rotatable bonds is 1. The van der Waals surface area contributed by atoms with E-state index in [2.05, 4.69) is 23.0 Å². The Morgan fingerprint density at radius 1 is 1.13 bits per heavy atom. The van der Waals surface area contributed by atoms with Crippen LogP contribution in [-0.4, -0.2) is 9.97 Å². The number of hydrogen-bond acceptors (Lipinski definition) is 2. The lowest BCUT2D eigenvalue weighted by Gasteiger charge is -2.02. The van der Waals surface area contributed by atoms with Crippen LogP contribution in [0.1, 0.15) is 32.2 Å². The number of pyridine rings is 2. The van der Waals surface area contributed by atoms with Gasteiger partial charge in [0.05, 0.1) is 5.52 Å². The molecule has 2 nitrogen and oxygen atoms in total. The predicted molar refractivity (Wildman–Crippen MR) is 65.0 cm³/mol. The van der Waals surface area contributed by atoms with Gasteiger partial charge in [-0.25, -0.2) is 0 Å². The van der Waals surface area contributed by atoms with Gasteiger partial charge in [-0.15, -0.1) is 0 Å². The first-order valence-corrected chi connectivity index (χ1v) is 5.52. The maximum atomic E-state index is 4.44. The molecule has 2 heterocycles. The van der Waals surface area contributed by atoms with E-state index >= 15 is 0 Å². The molecule has 0 N–H and O–H groups in total. The zero-order valence-corrected chi connectivity index (χ0v) is 9.91. The van der Waals surface area contributed by atoms with Crippen LogP contribution in [0.15, 0.2) is 24.4 Å². The lowest BCUT2D eigenvalue weighted by atomic mass is 10.1. The normalized spacial score (nSPS) is 9.60. The molecule has 15 heavy (non-hydrogen) atoms. The summed E-state index contributed by atoms with van der Waals surface area (Å²) in [4.78, 5) is 8.76. The topological polar surface area (TPSA) is 25.8 Å². The van der Waals surface area contributed by atoms with Crippen LogP contribution in [0.5, 0.6) is 0 Å². The van der Waals surface area contributed by atoms with Crippen molar-refractivity contribution < 1.29 is 0 Å². The molecule has 0 spiro atoms. The molecular formula is C13H18N2. The molecule has 80 valence electrons. The fourth-order valence-electron chi connectivity index (χ4n) is 1.50. The van der Waals surface area contributed by atoms with Crippen LogP contribution in [0, 0.1) is 6.92 Å². The Morgan fingerprint density at radius 3 is 2.53 bits per heavy atom. The van der Waals surface area contributed by atoms with Gasteiger partial charge < -0.3 is 0 Å². The smallest absolute Gasteiger partial charge is 0.0738 e. The van der Waals surface area contributed by atoms with E-state index in [4.69, 9.17) is 0 Å². The van der Waals surface area contributed by atoms with Crippen LogP contribution in [-0.2, 0) is 6.42 Å². The highest BCUT2D eigenvalue weighted by Gasteiger charge is 2.00. The zero-order valence-electron chi connectivity index (χ0n) is 9.91. The maximum Gasteiger partial charge on any atom is 0.0738 e. The molecule has 0 amide bonds. The summed E-state index contributed by atoms with van der Waals surface area (Å²) < 4.78 is 0. The second-order valence-electron chi connectivity index (χ2n) is 3.13. The molecular weight excluding hydrogens is 184 g/mol. The van der Waals surface area contributed by atoms with Gasteiger partial charge in [0.25, 0.3) is 0 Å². The van der Waals surface area contributed by atoms with E-state index < -0.39 is 0 Å². The van der Waals surface area contributed by atoms with Crippen LogP contribution in [0.3, 0.4) is 0 Å². The Bertz CT molecular complexity index is 435. The van der Waals surface area contributed by atoms with Crippen molar-refractivity contribution in [3.05, 3.63) is 35.8 Å². The Hall–Kier alpha value is -1.44. The Labute approximate surface area is 91.4 Å². The van der Waals surface area contributed by atoms with E-state index in [1.165, 1.54) is 5.39 Å². The molecule has 0 aliphatic rings. The van der Waals surface area contributed by atoms with Crippen molar-refractivity contribution in [3.8, 4) is 0 Å². The fourth-order valence-corrected chi connectivity index (χ4v) is 1.50. The molecule has 0 aromatic carbocycles. The van der Waals surface area contributed by atoms with Gasteiger partial charge >= 0.3 is 0 Å². The third-order valence-electron chi connectivity index (χ3n) is 2.17. The highest BCUT2D eigenvalue weighted by molar-refractivity contribution is 5.80. The van der Waals surface area contributed by atoms with E-state index in [1.807, 2.05) is 39.1 Å². The predicted octanol–water partition coefficient (Wildman–Crippen LogP) is 3.53. The first-order valence-electron chi connectivity index (χ1n) is 5.52. The summed E-state index contributed by atoms with van der Waals surface area (Å²) in [5, 5.41) is 1.18. The summed E-state index contributed by atoms with van der Waals surface area (Å²) in [6.07, 6.45) is 2.79. The van der Waals surface area contributed by atoms with Gasteiger partial charge in [0.2, 0.25) is 0 Å². The van der Waals surface area contributed by atoms with Crippen molar-refractivity contribution >= 4 is 10.9 Å². The fraction of sp³-hybridized carbons (Fsp3) is 0.385. The Balaban J connectivity index is 0.000000531. The average molecular weight is 202 g/mol. The van der Waals surface area contributed by atoms with E-state index in [0.29, 0.717) is 0 Å². The molecule has 2 rings (SSSR count). The Morgan fingerprint density at radius 2 is 1.87 bits per heavy atom. The largest absolute Gasteiger partial charge is 0.261 e. The number of fused-ring (bicyclic) bond motifs is 1. The summed E-state index contributed by atoms with van der Waals surface area (Å²) in [6, 6.07) is 6.09. The summed E-state index contributed by atoms with van der Waals surface area (Å²) in [6.45, 7) is 8.12. The van der Waals surface area contributed by atoms with Crippen molar-refractivity contribution in [2.45, 2.75) is 34.1 Å². The second kappa shape index (κ2) is 5.44. The molecule has 0 aliphatic carbocycles. The SMILES string of the molecule is CC.CCc1nccc2nc(C)ccc12. The molecule has 2 aromatic heterocycles. The number of aryl methyl sites for hydroxylation is 2. The first kappa shape index (κ1) is 11.6. The lowest BCUT2D eigenvalue weighted by Crippen LogP contribution is -1.91. The average Bonchev–Trinajstić information content (AvgIpc) is 2.30. The molecule has 0 unspecified atom stereocenters. The van der Waals surface area contributed by atoms with Crippen LogP contribution in [0.2, 0.25) is 0 Å². The van der Waals surface area contributed by atoms with Gasteiger partial charge in [0.15, 0.2) is 0 Å². The number of aromatic nitrogens is 2. The third-order valence-corrected chi connectivity index (χ3v) is 2.17. The summed E-state index contributed by atoms with van der Waals surface area (Å²) >= 11 is 0. The van der Waals surface area contributed by atoms with Crippen molar-refractivity contribution in [3.63, 3.8) is 0 Å². The highest BCUT2D eigenvalue weighted by atomic mass is 14.7. The molecule has 0 aliphatic heterocycles. The minimum absolute atomic E-state index is 0.960. The van der Waals surface area contributed by atoms with E-state index in [0.717, 1.165) is 23.3 Å². The lowest BCUT2D eigenvalue weighted by molar-refractivity contribution is 1.05. The number of nitrogens with zero attached hydrogens (tertiary/aromatic N) is 2. The minimum Gasteiger partial charge on any atom is -0.261 e. The van der Waals surface area contributed by atoms with Crippen molar-refractivity contribution in [2.24, 2.45) is 0 Å². The quantitative estimate of drug-likeness (QED) is 0.707. The van der Waals surface area contributed by atoms with Gasteiger partial charge in [-0.3, -0.25) is 9.97 Å². The van der Waals surface area contributed by atoms with Gasteiger partial charge in [-0.2, -0.15) is 0 Å². The summed E-state index contributed by atoms with van der Waals surface area (Å²) in [5.74, 6) is 0.